The summed E-state index contributed by atoms with van der Waals surface area (Å²) < 4.78 is 21.5. The minimum Gasteiger partial charge on any atom is -0.497 e. The molecule has 0 N–H and O–H groups in total. The van der Waals surface area contributed by atoms with Crippen LogP contribution in [-0.2, 0) is 6.42 Å². The highest BCUT2D eigenvalue weighted by Gasteiger charge is 2.16. The molecule has 3 aromatic rings. The third-order valence-corrected chi connectivity index (χ3v) is 5.28. The van der Waals surface area contributed by atoms with Gasteiger partial charge in [-0.15, -0.1) is 11.3 Å². The minimum absolute atomic E-state index is 0.722. The first-order chi connectivity index (χ1) is 13.1. The van der Waals surface area contributed by atoms with Crippen molar-refractivity contribution < 1.29 is 18.9 Å². The van der Waals surface area contributed by atoms with Crippen LogP contribution in [0.4, 0.5) is 0 Å². The molecule has 0 aliphatic heterocycles. The summed E-state index contributed by atoms with van der Waals surface area (Å²) in [6, 6.07) is 11.7. The van der Waals surface area contributed by atoms with Gasteiger partial charge in [0.15, 0.2) is 11.5 Å². The summed E-state index contributed by atoms with van der Waals surface area (Å²) in [4.78, 5) is 6.01. The van der Waals surface area contributed by atoms with E-state index in [1.807, 2.05) is 36.4 Å². The molecule has 1 aromatic heterocycles. The third-order valence-electron chi connectivity index (χ3n) is 4.31. The van der Waals surface area contributed by atoms with E-state index in [9.17, 15) is 0 Å². The number of rotatable bonds is 7. The van der Waals surface area contributed by atoms with Gasteiger partial charge in [0.2, 0.25) is 0 Å². The van der Waals surface area contributed by atoms with E-state index >= 15 is 0 Å². The number of hydrogen-bond acceptors (Lipinski definition) is 6. The SMILES string of the molecule is COc1ccc(-c2nc(Cc3ccc(OC)c(OC)c3)sc2C)c(OC)c1. The molecule has 0 aliphatic carbocycles. The molecule has 3 rings (SSSR count). The maximum absolute atomic E-state index is 5.53. The van der Waals surface area contributed by atoms with Crippen molar-refractivity contribution in [3.8, 4) is 34.3 Å². The largest absolute Gasteiger partial charge is 0.497 e. The van der Waals surface area contributed by atoms with Crippen LogP contribution in [0.2, 0.25) is 0 Å². The lowest BCUT2D eigenvalue weighted by atomic mass is 10.1. The first-order valence-electron chi connectivity index (χ1n) is 8.49. The molecule has 6 heteroatoms. The molecule has 0 aliphatic rings. The maximum Gasteiger partial charge on any atom is 0.160 e. The van der Waals surface area contributed by atoms with E-state index in [1.165, 1.54) is 0 Å². The van der Waals surface area contributed by atoms with E-state index < -0.39 is 0 Å². The molecule has 142 valence electrons. The molecule has 2 aromatic carbocycles. The van der Waals surface area contributed by atoms with E-state index in [-0.39, 0.29) is 0 Å². The van der Waals surface area contributed by atoms with Crippen LogP contribution in [0.3, 0.4) is 0 Å². The fourth-order valence-electron chi connectivity index (χ4n) is 2.94. The maximum atomic E-state index is 5.53. The highest BCUT2D eigenvalue weighted by atomic mass is 32.1. The van der Waals surface area contributed by atoms with Crippen molar-refractivity contribution >= 4 is 11.3 Å². The second-order valence-electron chi connectivity index (χ2n) is 5.94. The van der Waals surface area contributed by atoms with Gasteiger partial charge in [0.1, 0.15) is 11.5 Å². The normalized spacial score (nSPS) is 10.6. The van der Waals surface area contributed by atoms with Crippen LogP contribution in [0.5, 0.6) is 23.0 Å². The molecule has 0 amide bonds. The summed E-state index contributed by atoms with van der Waals surface area (Å²) in [7, 11) is 6.58. The Labute approximate surface area is 163 Å². The van der Waals surface area contributed by atoms with Crippen LogP contribution >= 0.6 is 11.3 Å². The van der Waals surface area contributed by atoms with Gasteiger partial charge >= 0.3 is 0 Å². The first-order valence-corrected chi connectivity index (χ1v) is 9.30. The molecule has 27 heavy (non-hydrogen) atoms. The van der Waals surface area contributed by atoms with Gasteiger partial charge in [0.05, 0.1) is 39.1 Å². The smallest absolute Gasteiger partial charge is 0.160 e. The van der Waals surface area contributed by atoms with E-state index in [0.717, 1.165) is 56.1 Å². The predicted octanol–water partition coefficient (Wildman–Crippen LogP) is 4.74. The fraction of sp³-hybridized carbons (Fsp3) is 0.286. The second-order valence-corrected chi connectivity index (χ2v) is 7.23. The third kappa shape index (κ3) is 4.01. The summed E-state index contributed by atoms with van der Waals surface area (Å²) in [5.74, 6) is 2.95. The van der Waals surface area contributed by atoms with Crippen LogP contribution in [0.15, 0.2) is 36.4 Å². The zero-order chi connectivity index (χ0) is 19.4. The Bertz CT molecular complexity index is 936. The van der Waals surface area contributed by atoms with Crippen LogP contribution in [0.1, 0.15) is 15.4 Å². The zero-order valence-electron chi connectivity index (χ0n) is 16.2. The van der Waals surface area contributed by atoms with Gasteiger partial charge < -0.3 is 18.9 Å². The summed E-state index contributed by atoms with van der Waals surface area (Å²) in [5, 5.41) is 1.03. The van der Waals surface area contributed by atoms with E-state index in [1.54, 1.807) is 39.8 Å². The number of aryl methyl sites for hydroxylation is 1. The van der Waals surface area contributed by atoms with Crippen LogP contribution in [0, 0.1) is 6.92 Å². The zero-order valence-corrected chi connectivity index (χ0v) is 17.0. The van der Waals surface area contributed by atoms with Gasteiger partial charge in [-0.2, -0.15) is 0 Å². The number of nitrogens with zero attached hydrogens (tertiary/aromatic N) is 1. The van der Waals surface area contributed by atoms with Crippen molar-refractivity contribution in [1.29, 1.82) is 0 Å². The van der Waals surface area contributed by atoms with Crippen molar-refractivity contribution in [2.24, 2.45) is 0 Å². The van der Waals surface area contributed by atoms with E-state index in [2.05, 4.69) is 6.92 Å². The Kier molecular flexibility index (Phi) is 5.86. The monoisotopic (exact) mass is 385 g/mol. The Morgan fingerprint density at radius 2 is 1.56 bits per heavy atom. The number of methoxy groups -OCH3 is 4. The van der Waals surface area contributed by atoms with Crippen LogP contribution < -0.4 is 18.9 Å². The average Bonchev–Trinajstić information content (AvgIpc) is 3.06. The predicted molar refractivity (Wildman–Crippen MR) is 108 cm³/mol. The summed E-state index contributed by atoms with van der Waals surface area (Å²) in [5.41, 5.74) is 3.02. The molecule has 0 atom stereocenters. The van der Waals surface area contributed by atoms with Gasteiger partial charge in [-0.1, -0.05) is 6.07 Å². The van der Waals surface area contributed by atoms with E-state index in [4.69, 9.17) is 23.9 Å². The lowest BCUT2D eigenvalue weighted by molar-refractivity contribution is 0.354. The number of benzene rings is 2. The van der Waals surface area contributed by atoms with Crippen molar-refractivity contribution in [3.63, 3.8) is 0 Å². The summed E-state index contributed by atoms with van der Waals surface area (Å²) >= 11 is 1.69. The summed E-state index contributed by atoms with van der Waals surface area (Å²) in [6.07, 6.45) is 0.727. The highest BCUT2D eigenvalue weighted by molar-refractivity contribution is 7.12. The van der Waals surface area contributed by atoms with Crippen LogP contribution in [-0.4, -0.2) is 33.4 Å². The molecule has 0 bridgehead atoms. The van der Waals surface area contributed by atoms with Gasteiger partial charge in [-0.05, 0) is 36.8 Å². The molecule has 0 saturated heterocycles. The standard InChI is InChI=1S/C21H23NO4S/c1-13-21(16-8-7-15(23-2)12-18(16)25-4)22-20(27-13)11-14-6-9-17(24-3)19(10-14)26-5/h6-10,12H,11H2,1-5H3. The summed E-state index contributed by atoms with van der Waals surface area (Å²) in [6.45, 7) is 2.08. The number of aromatic nitrogens is 1. The van der Waals surface area contributed by atoms with Crippen molar-refractivity contribution in [2.75, 3.05) is 28.4 Å². The minimum atomic E-state index is 0.722. The quantitative estimate of drug-likeness (QED) is 0.588. The average molecular weight is 385 g/mol. The molecule has 0 saturated carbocycles. The fourth-order valence-corrected chi connectivity index (χ4v) is 3.92. The van der Waals surface area contributed by atoms with Crippen molar-refractivity contribution in [2.45, 2.75) is 13.3 Å². The Hall–Kier alpha value is -2.73. The number of ether oxygens (including phenoxy) is 4. The van der Waals surface area contributed by atoms with Crippen LogP contribution in [0.25, 0.3) is 11.3 Å². The molecule has 0 fully saturated rings. The molecule has 1 heterocycles. The van der Waals surface area contributed by atoms with Crippen molar-refractivity contribution in [1.82, 2.24) is 4.98 Å². The lowest BCUT2D eigenvalue weighted by Gasteiger charge is -2.09. The molecular weight excluding hydrogens is 362 g/mol. The molecule has 0 unspecified atom stereocenters. The number of thiazole rings is 1. The van der Waals surface area contributed by atoms with Gasteiger partial charge in [0, 0.05) is 22.9 Å². The first kappa shape index (κ1) is 19.0. The Balaban J connectivity index is 1.91. The molecule has 5 nitrogen and oxygen atoms in total. The van der Waals surface area contributed by atoms with Crippen molar-refractivity contribution in [3.05, 3.63) is 51.8 Å². The molecule has 0 radical (unpaired) electrons. The van der Waals surface area contributed by atoms with Gasteiger partial charge in [-0.25, -0.2) is 4.98 Å². The van der Waals surface area contributed by atoms with Gasteiger partial charge in [0.25, 0.3) is 0 Å². The lowest BCUT2D eigenvalue weighted by Crippen LogP contribution is -1.94. The Morgan fingerprint density at radius 3 is 2.22 bits per heavy atom. The second kappa shape index (κ2) is 8.31. The molecular formula is C21H23NO4S. The Morgan fingerprint density at radius 1 is 0.815 bits per heavy atom. The van der Waals surface area contributed by atoms with E-state index in [0.29, 0.717) is 0 Å². The molecule has 0 spiro atoms. The highest BCUT2D eigenvalue weighted by Crippen LogP contribution is 2.37. The van der Waals surface area contributed by atoms with Gasteiger partial charge in [-0.3, -0.25) is 0 Å². The number of hydrogen-bond donors (Lipinski definition) is 0. The topological polar surface area (TPSA) is 49.8 Å².